The van der Waals surface area contributed by atoms with Crippen LogP contribution in [0.2, 0.25) is 10.0 Å². The van der Waals surface area contributed by atoms with Crippen LogP contribution in [0.15, 0.2) is 82.0 Å². The van der Waals surface area contributed by atoms with Crippen molar-refractivity contribution in [2.45, 2.75) is 31.8 Å². The summed E-state index contributed by atoms with van der Waals surface area (Å²) in [7, 11) is 0. The van der Waals surface area contributed by atoms with Crippen LogP contribution in [0.4, 0.5) is 5.69 Å². The molecule has 6 rings (SSSR count). The highest BCUT2D eigenvalue weighted by atomic mass is 35.5. The molecule has 2 fully saturated rings. The first kappa shape index (κ1) is 30.7. The first-order valence-electron chi connectivity index (χ1n) is 14.9. The summed E-state index contributed by atoms with van der Waals surface area (Å²) in [6.45, 7) is 3.43. The zero-order valence-corrected chi connectivity index (χ0v) is 26.0. The van der Waals surface area contributed by atoms with E-state index in [0.29, 0.717) is 54.6 Å². The van der Waals surface area contributed by atoms with Crippen molar-refractivity contribution >= 4 is 57.6 Å². The van der Waals surface area contributed by atoms with Gasteiger partial charge in [0, 0.05) is 80.0 Å². The molecular weight excluding hydrogens is 615 g/mol. The third-order valence-corrected chi connectivity index (χ3v) is 8.81. The third kappa shape index (κ3) is 7.00. The first-order chi connectivity index (χ1) is 21.7. The molecule has 232 valence electrons. The van der Waals surface area contributed by atoms with Gasteiger partial charge in [0.15, 0.2) is 11.2 Å². The van der Waals surface area contributed by atoms with Gasteiger partial charge in [-0.1, -0.05) is 53.5 Å². The van der Waals surface area contributed by atoms with Gasteiger partial charge in [-0.3, -0.25) is 19.2 Å². The molecule has 2 saturated heterocycles. The summed E-state index contributed by atoms with van der Waals surface area (Å²) in [4.78, 5) is 58.2. The van der Waals surface area contributed by atoms with Crippen molar-refractivity contribution in [3.8, 4) is 0 Å². The number of benzene rings is 3. The van der Waals surface area contributed by atoms with Gasteiger partial charge in [0.1, 0.15) is 11.6 Å². The van der Waals surface area contributed by atoms with Gasteiger partial charge in [-0.05, 0) is 47.9 Å². The number of carbonyl (C=O) groups is 3. The zero-order chi connectivity index (χ0) is 31.5. The summed E-state index contributed by atoms with van der Waals surface area (Å²) in [5.41, 5.74) is 2.75. The number of hydrogen-bond donors (Lipinski definition) is 1. The van der Waals surface area contributed by atoms with Crippen LogP contribution < -0.4 is 15.6 Å². The van der Waals surface area contributed by atoms with Gasteiger partial charge in [-0.15, -0.1) is 0 Å². The lowest BCUT2D eigenvalue weighted by atomic mass is 10.0. The largest absolute Gasteiger partial charge is 0.451 e. The summed E-state index contributed by atoms with van der Waals surface area (Å²) in [5.74, 6) is -0.937. The summed E-state index contributed by atoms with van der Waals surface area (Å²) in [5, 5.41) is 4.05. The van der Waals surface area contributed by atoms with E-state index in [0.717, 1.165) is 35.8 Å². The minimum Gasteiger partial charge on any atom is -0.451 e. The van der Waals surface area contributed by atoms with Crippen LogP contribution >= 0.6 is 23.2 Å². The van der Waals surface area contributed by atoms with E-state index in [2.05, 4.69) is 22.3 Å². The van der Waals surface area contributed by atoms with E-state index in [1.54, 1.807) is 29.2 Å². The second-order valence-electron chi connectivity index (χ2n) is 11.3. The molecule has 1 unspecified atom stereocenters. The van der Waals surface area contributed by atoms with Gasteiger partial charge in [0.05, 0.1) is 5.39 Å². The average Bonchev–Trinajstić information content (AvgIpc) is 3.45. The Labute approximate surface area is 270 Å². The smallest absolute Gasteiger partial charge is 0.287 e. The maximum atomic E-state index is 13.9. The number of rotatable bonds is 8. The number of nitrogens with one attached hydrogen (secondary N) is 1. The molecule has 9 nitrogen and oxygen atoms in total. The number of nitrogens with zero attached hydrogens (tertiary/aromatic N) is 3. The van der Waals surface area contributed by atoms with Crippen LogP contribution in [0.25, 0.3) is 11.0 Å². The number of fused-ring (bicyclic) bond motifs is 1. The quantitative estimate of drug-likeness (QED) is 0.292. The molecule has 0 saturated carbocycles. The highest BCUT2D eigenvalue weighted by molar-refractivity contribution is 6.31. The van der Waals surface area contributed by atoms with E-state index in [1.807, 2.05) is 29.2 Å². The molecule has 2 aliphatic rings. The molecular formula is C34H32Cl2N4O5. The van der Waals surface area contributed by atoms with E-state index in [9.17, 15) is 19.2 Å². The molecule has 0 radical (unpaired) electrons. The van der Waals surface area contributed by atoms with E-state index in [-0.39, 0.29) is 35.0 Å². The van der Waals surface area contributed by atoms with Crippen LogP contribution in [0.5, 0.6) is 0 Å². The molecule has 0 aliphatic carbocycles. The molecule has 45 heavy (non-hydrogen) atoms. The number of halogens is 2. The summed E-state index contributed by atoms with van der Waals surface area (Å²) < 4.78 is 5.74. The number of piperazine rings is 1. The molecule has 4 aromatic rings. The number of hydrogen-bond acceptors (Lipinski definition) is 6. The maximum Gasteiger partial charge on any atom is 0.287 e. The fourth-order valence-corrected chi connectivity index (χ4v) is 6.23. The molecule has 0 bridgehead atoms. The molecule has 1 atom stereocenters. The molecule has 1 N–H and O–H groups in total. The van der Waals surface area contributed by atoms with Crippen molar-refractivity contribution in [1.82, 2.24) is 15.1 Å². The molecule has 3 aromatic carbocycles. The summed E-state index contributed by atoms with van der Waals surface area (Å²) >= 11 is 12.2. The van der Waals surface area contributed by atoms with E-state index in [1.165, 1.54) is 6.07 Å². The van der Waals surface area contributed by atoms with Crippen molar-refractivity contribution in [1.29, 1.82) is 0 Å². The highest BCUT2D eigenvalue weighted by Gasteiger charge is 2.31. The van der Waals surface area contributed by atoms with Crippen LogP contribution in [0, 0.1) is 0 Å². The van der Waals surface area contributed by atoms with Crippen molar-refractivity contribution in [2.24, 2.45) is 0 Å². The Balaban J connectivity index is 1.18. The lowest BCUT2D eigenvalue weighted by Crippen LogP contribution is -2.55. The Hall–Kier alpha value is -4.34. The minimum atomic E-state index is -0.918. The number of para-hydroxylation sites is 1. The van der Waals surface area contributed by atoms with Crippen LogP contribution in [0.3, 0.4) is 0 Å². The topological polar surface area (TPSA) is 103 Å². The number of anilines is 1. The Bertz CT molecular complexity index is 1800. The molecule has 3 heterocycles. The normalized spacial score (nSPS) is 15.9. The van der Waals surface area contributed by atoms with Crippen molar-refractivity contribution in [3.05, 3.63) is 110 Å². The minimum absolute atomic E-state index is 0.181. The Morgan fingerprint density at radius 2 is 1.60 bits per heavy atom. The lowest BCUT2D eigenvalue weighted by Gasteiger charge is -2.38. The molecule has 0 spiro atoms. The zero-order valence-electron chi connectivity index (χ0n) is 24.5. The Morgan fingerprint density at radius 3 is 2.33 bits per heavy atom. The van der Waals surface area contributed by atoms with Gasteiger partial charge in [0.25, 0.3) is 5.91 Å². The van der Waals surface area contributed by atoms with Gasteiger partial charge in [-0.2, -0.15) is 0 Å². The standard InChI is InChI=1S/C34H32Cl2N4O5/c35-24-9-7-22(8-10-24)18-27(37-33(43)31-20-29(41)26-12-11-25(36)19-30(26)45-31)34(44)39-16-14-38(15-17-39)28-5-2-1-4-23(28)21-40-13-3-6-32(40)42/h1-2,4-5,7-12,19-20,27H,3,6,13-18,21H2,(H,37,43). The van der Waals surface area contributed by atoms with Crippen LogP contribution in [-0.4, -0.2) is 66.3 Å². The summed E-state index contributed by atoms with van der Waals surface area (Å²) in [6.07, 6.45) is 1.70. The van der Waals surface area contributed by atoms with Gasteiger partial charge >= 0.3 is 0 Å². The number of amides is 3. The predicted octanol–water partition coefficient (Wildman–Crippen LogP) is 4.91. The van der Waals surface area contributed by atoms with E-state index in [4.69, 9.17) is 27.6 Å². The number of likely N-dealkylation sites (tertiary alicyclic amines) is 1. The Morgan fingerprint density at radius 1 is 0.867 bits per heavy atom. The SMILES string of the molecule is O=C(NC(Cc1ccc(Cl)cc1)C(=O)N1CCN(c2ccccc2CN2CCCC2=O)CC1)c1cc(=O)c2ccc(Cl)cc2o1. The second-order valence-corrected chi connectivity index (χ2v) is 12.2. The van der Waals surface area contributed by atoms with Gasteiger partial charge in [-0.25, -0.2) is 0 Å². The summed E-state index contributed by atoms with van der Waals surface area (Å²) in [6, 6.07) is 20.0. The van der Waals surface area contributed by atoms with Crippen molar-refractivity contribution < 1.29 is 18.8 Å². The first-order valence-corrected chi connectivity index (χ1v) is 15.7. The van der Waals surface area contributed by atoms with E-state index < -0.39 is 11.9 Å². The molecule has 3 amide bonds. The highest BCUT2D eigenvalue weighted by Crippen LogP contribution is 2.26. The molecule has 2 aliphatic heterocycles. The second kappa shape index (κ2) is 13.3. The lowest BCUT2D eigenvalue weighted by molar-refractivity contribution is -0.133. The maximum absolute atomic E-state index is 13.9. The van der Waals surface area contributed by atoms with E-state index >= 15 is 0 Å². The van der Waals surface area contributed by atoms with Gasteiger partial charge in [0.2, 0.25) is 11.8 Å². The molecule has 11 heteroatoms. The number of carbonyl (C=O) groups excluding carboxylic acids is 3. The monoisotopic (exact) mass is 646 g/mol. The average molecular weight is 648 g/mol. The fourth-order valence-electron chi connectivity index (χ4n) is 5.94. The molecule has 1 aromatic heterocycles. The Kier molecular flexibility index (Phi) is 9.09. The van der Waals surface area contributed by atoms with Crippen molar-refractivity contribution in [3.63, 3.8) is 0 Å². The third-order valence-electron chi connectivity index (χ3n) is 8.33. The predicted molar refractivity (Wildman–Crippen MR) is 174 cm³/mol. The van der Waals surface area contributed by atoms with Crippen molar-refractivity contribution in [2.75, 3.05) is 37.6 Å². The van der Waals surface area contributed by atoms with Gasteiger partial charge < -0.3 is 24.4 Å². The fraction of sp³-hybridized carbons (Fsp3) is 0.294. The van der Waals surface area contributed by atoms with Crippen LogP contribution in [-0.2, 0) is 22.6 Å². The van der Waals surface area contributed by atoms with Crippen LogP contribution in [0.1, 0.15) is 34.5 Å².